The first kappa shape index (κ1) is 16.0. The molecular weight excluding hydrogens is 296 g/mol. The Morgan fingerprint density at radius 1 is 1.33 bits per heavy atom. The number of carbonyl (C=O) groups excluding carboxylic acids is 1. The van der Waals surface area contributed by atoms with Gasteiger partial charge < -0.3 is 10.7 Å². The number of rotatable bonds is 4. The average Bonchev–Trinajstić information content (AvgIpc) is 2.47. The van der Waals surface area contributed by atoms with Crippen molar-refractivity contribution in [3.8, 4) is 0 Å². The quantitative estimate of drug-likeness (QED) is 0.590. The molecule has 2 atom stereocenters. The molecule has 0 bridgehead atoms. The van der Waals surface area contributed by atoms with Gasteiger partial charge in [-0.1, -0.05) is 6.42 Å². The van der Waals surface area contributed by atoms with Crippen molar-refractivity contribution in [1.82, 2.24) is 5.32 Å². The molecule has 2 rings (SSSR count). The summed E-state index contributed by atoms with van der Waals surface area (Å²) < 4.78 is 27.2. The minimum atomic E-state index is -0.881. The molecule has 4 nitrogen and oxygen atoms in total. The number of nitrogens with two attached hydrogens (primary N) is 1. The lowest BCUT2D eigenvalue weighted by Gasteiger charge is -2.28. The maximum absolute atomic E-state index is 13.6. The highest BCUT2D eigenvalue weighted by Crippen LogP contribution is 2.27. The van der Waals surface area contributed by atoms with E-state index < -0.39 is 23.2 Å². The maximum Gasteiger partial charge on any atom is 0.251 e. The number of carbonyl (C=O) groups is 1. The topological polar surface area (TPSA) is 67.2 Å². The lowest BCUT2D eigenvalue weighted by molar-refractivity contribution is 0.0927. The fraction of sp³-hybridized carbons (Fsp3) is 0.500. The van der Waals surface area contributed by atoms with Crippen molar-refractivity contribution in [2.24, 2.45) is 5.84 Å². The van der Waals surface area contributed by atoms with E-state index in [4.69, 9.17) is 5.84 Å². The highest BCUT2D eigenvalue weighted by atomic mass is 32.2. The van der Waals surface area contributed by atoms with Crippen LogP contribution >= 0.6 is 11.8 Å². The summed E-state index contributed by atoms with van der Waals surface area (Å²) in [5.41, 5.74) is 1.47. The molecule has 1 saturated carbocycles. The number of nitrogens with one attached hydrogen (secondary N) is 2. The van der Waals surface area contributed by atoms with Crippen LogP contribution in [0.15, 0.2) is 12.1 Å². The van der Waals surface area contributed by atoms with Crippen LogP contribution in [-0.2, 0) is 0 Å². The van der Waals surface area contributed by atoms with E-state index >= 15 is 0 Å². The number of hydrogen-bond acceptors (Lipinski definition) is 4. The molecular formula is C14H19F2N3OS. The summed E-state index contributed by atoms with van der Waals surface area (Å²) in [6.45, 7) is 0. The predicted molar refractivity (Wildman–Crippen MR) is 81.2 cm³/mol. The van der Waals surface area contributed by atoms with Gasteiger partial charge in [0.2, 0.25) is 0 Å². The molecule has 0 heterocycles. The van der Waals surface area contributed by atoms with E-state index in [2.05, 4.69) is 11.6 Å². The van der Waals surface area contributed by atoms with Gasteiger partial charge in [-0.2, -0.15) is 11.8 Å². The Morgan fingerprint density at radius 3 is 2.57 bits per heavy atom. The highest BCUT2D eigenvalue weighted by Gasteiger charge is 2.23. The molecule has 7 heteroatoms. The number of nitrogen functional groups attached to an aromatic ring is 1. The van der Waals surface area contributed by atoms with E-state index in [0.29, 0.717) is 5.25 Å². The monoisotopic (exact) mass is 315 g/mol. The van der Waals surface area contributed by atoms with E-state index in [1.165, 1.54) is 0 Å². The summed E-state index contributed by atoms with van der Waals surface area (Å²) in [5, 5.41) is 3.38. The Balaban J connectivity index is 2.06. The van der Waals surface area contributed by atoms with Gasteiger partial charge in [-0.05, 0) is 37.7 Å². The third-order valence-corrected chi connectivity index (χ3v) is 4.84. The van der Waals surface area contributed by atoms with E-state index in [1.807, 2.05) is 5.43 Å². The Bertz CT molecular complexity index is 504. The molecule has 1 fully saturated rings. The van der Waals surface area contributed by atoms with Crippen molar-refractivity contribution in [2.45, 2.75) is 37.0 Å². The molecule has 0 radical (unpaired) electrons. The van der Waals surface area contributed by atoms with Gasteiger partial charge in [-0.25, -0.2) is 8.78 Å². The third-order valence-electron chi connectivity index (χ3n) is 3.74. The Hall–Kier alpha value is -1.34. The van der Waals surface area contributed by atoms with Crippen LogP contribution in [-0.4, -0.2) is 23.5 Å². The minimum Gasteiger partial charge on any atom is -0.349 e. The predicted octanol–water partition coefficient (Wildman–Crippen LogP) is 2.65. The second-order valence-corrected chi connectivity index (χ2v) is 6.29. The molecule has 0 saturated heterocycles. The van der Waals surface area contributed by atoms with E-state index in [1.54, 1.807) is 11.8 Å². The standard InChI is InChI=1S/C14H19F2N3OS/c1-21-10-4-2-3-9(7-10)18-14(20)8-5-11(15)13(19-17)12(16)6-8/h5-6,9-10,19H,2-4,7,17H2,1H3,(H,18,20). The number of halogens is 2. The second-order valence-electron chi connectivity index (χ2n) is 5.15. The lowest BCUT2D eigenvalue weighted by Crippen LogP contribution is -2.39. The first-order valence-electron chi connectivity index (χ1n) is 6.84. The summed E-state index contributed by atoms with van der Waals surface area (Å²) in [5.74, 6) is 2.81. The van der Waals surface area contributed by atoms with Gasteiger partial charge >= 0.3 is 0 Å². The third kappa shape index (κ3) is 3.85. The smallest absolute Gasteiger partial charge is 0.251 e. The van der Waals surface area contributed by atoms with Gasteiger partial charge in [-0.3, -0.25) is 10.6 Å². The largest absolute Gasteiger partial charge is 0.349 e. The van der Waals surface area contributed by atoms with Crippen molar-refractivity contribution in [2.75, 3.05) is 11.7 Å². The van der Waals surface area contributed by atoms with Crippen LogP contribution in [0.3, 0.4) is 0 Å². The minimum absolute atomic E-state index is 0.0322. The van der Waals surface area contributed by atoms with Crippen LogP contribution in [0.4, 0.5) is 14.5 Å². The summed E-state index contributed by atoms with van der Waals surface area (Å²) in [6.07, 6.45) is 6.04. The van der Waals surface area contributed by atoms with Crippen LogP contribution in [0.25, 0.3) is 0 Å². The molecule has 1 aliphatic rings. The molecule has 116 valence electrons. The van der Waals surface area contributed by atoms with E-state index in [-0.39, 0.29) is 11.6 Å². The number of hydrogen-bond donors (Lipinski definition) is 3. The number of hydrazine groups is 1. The molecule has 21 heavy (non-hydrogen) atoms. The number of amides is 1. The van der Waals surface area contributed by atoms with Gasteiger partial charge in [-0.15, -0.1) is 0 Å². The molecule has 1 amide bonds. The number of thioether (sulfide) groups is 1. The molecule has 0 spiro atoms. The van der Waals surface area contributed by atoms with E-state index in [0.717, 1.165) is 37.8 Å². The normalized spacial score (nSPS) is 21.9. The van der Waals surface area contributed by atoms with Crippen LogP contribution in [0.2, 0.25) is 0 Å². The van der Waals surface area contributed by atoms with Crippen LogP contribution < -0.4 is 16.6 Å². The Morgan fingerprint density at radius 2 is 2.00 bits per heavy atom. The van der Waals surface area contributed by atoms with Crippen molar-refractivity contribution < 1.29 is 13.6 Å². The van der Waals surface area contributed by atoms with Gasteiger partial charge in [0.05, 0.1) is 0 Å². The molecule has 0 aliphatic heterocycles. The van der Waals surface area contributed by atoms with Crippen molar-refractivity contribution in [3.63, 3.8) is 0 Å². The van der Waals surface area contributed by atoms with Crippen molar-refractivity contribution in [3.05, 3.63) is 29.3 Å². The zero-order chi connectivity index (χ0) is 15.4. The second kappa shape index (κ2) is 7.09. The molecule has 1 aliphatic carbocycles. The zero-order valence-electron chi connectivity index (χ0n) is 11.8. The summed E-state index contributed by atoms with van der Waals surface area (Å²) in [4.78, 5) is 12.1. The van der Waals surface area contributed by atoms with Crippen molar-refractivity contribution in [1.29, 1.82) is 0 Å². The Labute approximate surface area is 126 Å². The zero-order valence-corrected chi connectivity index (χ0v) is 12.6. The maximum atomic E-state index is 13.6. The van der Waals surface area contributed by atoms with Gasteiger partial charge in [0, 0.05) is 16.9 Å². The lowest BCUT2D eigenvalue weighted by atomic mass is 9.94. The molecule has 1 aromatic carbocycles. The van der Waals surface area contributed by atoms with Crippen LogP contribution in [0.1, 0.15) is 36.0 Å². The van der Waals surface area contributed by atoms with Gasteiger partial charge in [0.1, 0.15) is 5.69 Å². The first-order chi connectivity index (χ1) is 10.0. The van der Waals surface area contributed by atoms with Gasteiger partial charge in [0.25, 0.3) is 5.91 Å². The number of anilines is 1. The fourth-order valence-electron chi connectivity index (χ4n) is 2.60. The molecule has 0 aromatic heterocycles. The van der Waals surface area contributed by atoms with Gasteiger partial charge in [0.15, 0.2) is 11.6 Å². The highest BCUT2D eigenvalue weighted by molar-refractivity contribution is 7.99. The van der Waals surface area contributed by atoms with Crippen LogP contribution in [0.5, 0.6) is 0 Å². The Kier molecular flexibility index (Phi) is 5.41. The SMILES string of the molecule is CSC1CCCC(NC(=O)c2cc(F)c(NN)c(F)c2)C1. The first-order valence-corrected chi connectivity index (χ1v) is 8.13. The van der Waals surface area contributed by atoms with E-state index in [9.17, 15) is 13.6 Å². The van der Waals surface area contributed by atoms with Crippen molar-refractivity contribution >= 4 is 23.4 Å². The molecule has 1 aromatic rings. The molecule has 4 N–H and O–H groups in total. The fourth-order valence-corrected chi connectivity index (χ4v) is 3.43. The summed E-state index contributed by atoms with van der Waals surface area (Å²) in [6, 6.07) is 2.03. The molecule has 2 unspecified atom stereocenters. The van der Waals surface area contributed by atoms with Crippen LogP contribution in [0, 0.1) is 11.6 Å². The number of benzene rings is 1. The average molecular weight is 315 g/mol. The summed E-state index contributed by atoms with van der Waals surface area (Å²) >= 11 is 1.79. The summed E-state index contributed by atoms with van der Waals surface area (Å²) in [7, 11) is 0.